The molecule has 0 unspecified atom stereocenters. The monoisotopic (exact) mass is 324 g/mol. The van der Waals surface area contributed by atoms with Gasteiger partial charge in [-0.25, -0.2) is 9.97 Å². The molecule has 24 heavy (non-hydrogen) atoms. The zero-order valence-corrected chi connectivity index (χ0v) is 14.1. The van der Waals surface area contributed by atoms with Gasteiger partial charge in [-0.05, 0) is 26.3 Å². The molecule has 0 saturated heterocycles. The minimum atomic E-state index is -0.0852. The van der Waals surface area contributed by atoms with Gasteiger partial charge in [0, 0.05) is 43.8 Å². The summed E-state index contributed by atoms with van der Waals surface area (Å²) in [5.74, 6) is 1.02. The average molecular weight is 324 g/mol. The fourth-order valence-corrected chi connectivity index (χ4v) is 3.40. The van der Waals surface area contributed by atoms with Crippen molar-refractivity contribution in [3.63, 3.8) is 0 Å². The van der Waals surface area contributed by atoms with E-state index in [0.29, 0.717) is 5.56 Å². The highest BCUT2D eigenvalue weighted by Gasteiger charge is 2.22. The van der Waals surface area contributed by atoms with Crippen molar-refractivity contribution in [3.05, 3.63) is 41.2 Å². The Bertz CT molecular complexity index is 938. The lowest BCUT2D eigenvalue weighted by Gasteiger charge is -2.24. The Hall–Kier alpha value is -2.70. The molecule has 1 N–H and O–H groups in total. The lowest BCUT2D eigenvalue weighted by atomic mass is 10.1. The quantitative estimate of drug-likeness (QED) is 0.775. The number of rotatable bonds is 2. The smallest absolute Gasteiger partial charge is 0.253 e. The second-order valence-electron chi connectivity index (χ2n) is 6.46. The molecule has 0 spiro atoms. The molecule has 0 aliphatic carbocycles. The molecule has 0 saturated carbocycles. The number of nitrogens with one attached hydrogen (secondary N) is 1. The van der Waals surface area contributed by atoms with E-state index in [-0.39, 0.29) is 11.9 Å². The van der Waals surface area contributed by atoms with Gasteiger partial charge in [0.05, 0.1) is 17.0 Å². The number of carbonyl (C=O) groups excluding carboxylic acids is 1. The number of imidazole rings is 1. The summed E-state index contributed by atoms with van der Waals surface area (Å²) in [6.45, 7) is 4.69. The van der Waals surface area contributed by atoms with Crippen molar-refractivity contribution in [2.75, 3.05) is 0 Å². The minimum Gasteiger partial charge on any atom is -0.347 e. The Balaban J connectivity index is 1.53. The SMILES string of the molecule is Cc1cn2c(n1)CC[C@H](NC(=O)c1cnc3c(c1)c(C)nn3C)C2. The van der Waals surface area contributed by atoms with Crippen LogP contribution in [-0.2, 0) is 20.0 Å². The maximum atomic E-state index is 12.6. The van der Waals surface area contributed by atoms with Gasteiger partial charge in [0.2, 0.25) is 0 Å². The predicted octanol–water partition coefficient (Wildman–Crippen LogP) is 1.53. The summed E-state index contributed by atoms with van der Waals surface area (Å²) in [6.07, 6.45) is 5.45. The zero-order valence-electron chi connectivity index (χ0n) is 14.1. The van der Waals surface area contributed by atoms with Crippen molar-refractivity contribution < 1.29 is 4.79 Å². The maximum Gasteiger partial charge on any atom is 0.253 e. The molecule has 4 rings (SSSR count). The molecule has 124 valence electrons. The fourth-order valence-electron chi connectivity index (χ4n) is 3.40. The molecule has 4 heterocycles. The standard InChI is InChI=1S/C17H20N6O/c1-10-8-23-9-13(4-5-15(23)19-10)20-17(24)12-6-14-11(2)21-22(3)16(14)18-7-12/h6-8,13H,4-5,9H2,1-3H3,(H,20,24)/t13-/m0/s1. The van der Waals surface area contributed by atoms with Gasteiger partial charge in [0.1, 0.15) is 5.82 Å². The van der Waals surface area contributed by atoms with E-state index in [2.05, 4.69) is 25.0 Å². The van der Waals surface area contributed by atoms with E-state index >= 15 is 0 Å². The first-order chi connectivity index (χ1) is 11.5. The van der Waals surface area contributed by atoms with Crippen LogP contribution in [0.15, 0.2) is 18.5 Å². The van der Waals surface area contributed by atoms with Crippen LogP contribution >= 0.6 is 0 Å². The normalized spacial score (nSPS) is 17.0. The third-order valence-electron chi connectivity index (χ3n) is 4.57. The van der Waals surface area contributed by atoms with Crippen LogP contribution in [0.2, 0.25) is 0 Å². The van der Waals surface area contributed by atoms with Crippen LogP contribution < -0.4 is 5.32 Å². The molecule has 7 nitrogen and oxygen atoms in total. The van der Waals surface area contributed by atoms with Gasteiger partial charge in [-0.15, -0.1) is 0 Å². The Morgan fingerprint density at radius 2 is 2.21 bits per heavy atom. The second kappa shape index (κ2) is 5.43. The van der Waals surface area contributed by atoms with E-state index in [4.69, 9.17) is 0 Å². The highest BCUT2D eigenvalue weighted by molar-refractivity contribution is 5.97. The number of hydrogen-bond donors (Lipinski definition) is 1. The van der Waals surface area contributed by atoms with E-state index in [9.17, 15) is 4.79 Å². The van der Waals surface area contributed by atoms with Crippen molar-refractivity contribution in [1.29, 1.82) is 0 Å². The van der Waals surface area contributed by atoms with Crippen LogP contribution in [0.4, 0.5) is 0 Å². The topological polar surface area (TPSA) is 77.6 Å². The van der Waals surface area contributed by atoms with E-state index in [0.717, 1.165) is 47.6 Å². The summed E-state index contributed by atoms with van der Waals surface area (Å²) in [4.78, 5) is 21.5. The number of nitrogens with zero attached hydrogens (tertiary/aromatic N) is 5. The van der Waals surface area contributed by atoms with Crippen molar-refractivity contribution in [3.8, 4) is 0 Å². The van der Waals surface area contributed by atoms with Crippen LogP contribution in [-0.4, -0.2) is 36.3 Å². The van der Waals surface area contributed by atoms with Crippen LogP contribution in [0.25, 0.3) is 11.0 Å². The summed E-state index contributed by atoms with van der Waals surface area (Å²) in [6, 6.07) is 1.99. The van der Waals surface area contributed by atoms with Crippen LogP contribution in [0.1, 0.15) is 34.0 Å². The molecule has 0 radical (unpaired) electrons. The molecule has 3 aromatic rings. The van der Waals surface area contributed by atoms with Gasteiger partial charge in [-0.2, -0.15) is 5.10 Å². The van der Waals surface area contributed by atoms with E-state index in [1.54, 1.807) is 10.9 Å². The van der Waals surface area contributed by atoms with Crippen molar-refractivity contribution in [1.82, 2.24) is 29.6 Å². The largest absolute Gasteiger partial charge is 0.347 e. The first kappa shape index (κ1) is 14.9. The maximum absolute atomic E-state index is 12.6. The van der Waals surface area contributed by atoms with E-state index in [1.807, 2.05) is 33.2 Å². The molecule has 7 heteroatoms. The molecule has 1 atom stereocenters. The van der Waals surface area contributed by atoms with Crippen molar-refractivity contribution >= 4 is 16.9 Å². The van der Waals surface area contributed by atoms with Gasteiger partial charge in [-0.3, -0.25) is 9.48 Å². The zero-order chi connectivity index (χ0) is 16.8. The Labute approximate surface area is 139 Å². The molecule has 0 bridgehead atoms. The second-order valence-corrected chi connectivity index (χ2v) is 6.46. The first-order valence-corrected chi connectivity index (χ1v) is 8.14. The lowest BCUT2D eigenvalue weighted by molar-refractivity contribution is 0.0927. The Morgan fingerprint density at radius 3 is 3.04 bits per heavy atom. The van der Waals surface area contributed by atoms with Crippen LogP contribution in [0.3, 0.4) is 0 Å². The molecule has 1 amide bonds. The van der Waals surface area contributed by atoms with Gasteiger partial charge in [0.25, 0.3) is 5.91 Å². The highest BCUT2D eigenvalue weighted by atomic mass is 16.1. The van der Waals surface area contributed by atoms with Crippen LogP contribution in [0.5, 0.6) is 0 Å². The number of carbonyl (C=O) groups is 1. The number of pyridine rings is 1. The third kappa shape index (κ3) is 2.46. The summed E-state index contributed by atoms with van der Waals surface area (Å²) in [5.41, 5.74) is 3.27. The van der Waals surface area contributed by atoms with Gasteiger partial charge >= 0.3 is 0 Å². The highest BCUT2D eigenvalue weighted by Crippen LogP contribution is 2.18. The molecule has 1 aliphatic heterocycles. The van der Waals surface area contributed by atoms with E-state index < -0.39 is 0 Å². The van der Waals surface area contributed by atoms with Crippen molar-refractivity contribution in [2.45, 2.75) is 39.3 Å². The molecular formula is C17H20N6O. The van der Waals surface area contributed by atoms with Gasteiger partial charge in [-0.1, -0.05) is 0 Å². The Morgan fingerprint density at radius 1 is 1.38 bits per heavy atom. The molecule has 0 aromatic carbocycles. The van der Waals surface area contributed by atoms with Crippen LogP contribution in [0, 0.1) is 13.8 Å². The van der Waals surface area contributed by atoms with Crippen molar-refractivity contribution in [2.24, 2.45) is 7.05 Å². The van der Waals surface area contributed by atoms with Gasteiger partial charge < -0.3 is 9.88 Å². The average Bonchev–Trinajstić information content (AvgIpc) is 3.06. The Kier molecular flexibility index (Phi) is 3.37. The summed E-state index contributed by atoms with van der Waals surface area (Å²) < 4.78 is 3.87. The number of amides is 1. The van der Waals surface area contributed by atoms with Gasteiger partial charge in [0.15, 0.2) is 5.65 Å². The summed E-state index contributed by atoms with van der Waals surface area (Å²) >= 11 is 0. The first-order valence-electron chi connectivity index (χ1n) is 8.14. The fraction of sp³-hybridized carbons (Fsp3) is 0.412. The summed E-state index contributed by atoms with van der Waals surface area (Å²) in [7, 11) is 1.86. The number of fused-ring (bicyclic) bond motifs is 2. The lowest BCUT2D eigenvalue weighted by Crippen LogP contribution is -2.40. The minimum absolute atomic E-state index is 0.0852. The number of aromatic nitrogens is 5. The summed E-state index contributed by atoms with van der Waals surface area (Å²) in [5, 5.41) is 8.39. The van der Waals surface area contributed by atoms with E-state index in [1.165, 1.54) is 0 Å². The molecule has 0 fully saturated rings. The molecule has 1 aliphatic rings. The molecule has 3 aromatic heterocycles. The number of aryl methyl sites for hydroxylation is 4. The number of hydrogen-bond acceptors (Lipinski definition) is 4. The third-order valence-corrected chi connectivity index (χ3v) is 4.57. The molecular weight excluding hydrogens is 304 g/mol. The predicted molar refractivity (Wildman–Crippen MR) is 89.8 cm³/mol.